The van der Waals surface area contributed by atoms with Gasteiger partial charge in [0, 0.05) is 44.1 Å². The van der Waals surface area contributed by atoms with Crippen molar-refractivity contribution in [2.24, 2.45) is 13.0 Å². The van der Waals surface area contributed by atoms with E-state index in [9.17, 15) is 4.79 Å². The van der Waals surface area contributed by atoms with E-state index in [1.807, 2.05) is 35.9 Å². The quantitative estimate of drug-likeness (QED) is 0.846. The smallest absolute Gasteiger partial charge is 0.274 e. The number of carbonyl (C=O) groups is 1. The number of hydrogen-bond donors (Lipinski definition) is 1. The van der Waals surface area contributed by atoms with Crippen LogP contribution in [-0.4, -0.2) is 62.4 Å². The molecule has 2 aromatic heterocycles. The van der Waals surface area contributed by atoms with Crippen LogP contribution >= 0.6 is 0 Å². The van der Waals surface area contributed by atoms with Gasteiger partial charge >= 0.3 is 0 Å². The standard InChI is InChI=1S/C20H32N6O/c1-6-26-9-7-8-15(19(26)16-11-21-25(5)13-16)12-24(4)20(27)18-10-17(14(2)3)22-23-18/h10-11,13-15,19H,6-9,12H2,1-5H3,(H,22,23)/t15-,19+/m0/s1. The Morgan fingerprint density at radius 1 is 1.44 bits per heavy atom. The number of aromatic amines is 1. The number of piperidine rings is 1. The fourth-order valence-electron chi connectivity index (χ4n) is 4.15. The number of aryl methyl sites for hydroxylation is 1. The molecule has 0 saturated carbocycles. The van der Waals surface area contributed by atoms with Crippen LogP contribution in [0.5, 0.6) is 0 Å². The Morgan fingerprint density at radius 3 is 2.81 bits per heavy atom. The highest BCUT2D eigenvalue weighted by atomic mass is 16.2. The van der Waals surface area contributed by atoms with Crippen molar-refractivity contribution in [3.05, 3.63) is 35.4 Å². The van der Waals surface area contributed by atoms with Gasteiger partial charge in [0.1, 0.15) is 5.69 Å². The van der Waals surface area contributed by atoms with Gasteiger partial charge in [-0.25, -0.2) is 0 Å². The molecule has 148 valence electrons. The van der Waals surface area contributed by atoms with Crippen molar-refractivity contribution in [1.29, 1.82) is 0 Å². The molecule has 3 heterocycles. The molecule has 7 nitrogen and oxygen atoms in total. The molecule has 0 bridgehead atoms. The number of aromatic nitrogens is 4. The van der Waals surface area contributed by atoms with Gasteiger partial charge in [-0.3, -0.25) is 19.5 Å². The first-order chi connectivity index (χ1) is 12.9. The molecule has 1 N–H and O–H groups in total. The Hall–Kier alpha value is -2.15. The lowest BCUT2D eigenvalue weighted by Gasteiger charge is -2.41. The van der Waals surface area contributed by atoms with Crippen molar-refractivity contribution >= 4 is 5.91 Å². The number of likely N-dealkylation sites (tertiary alicyclic amines) is 1. The molecule has 1 amide bonds. The van der Waals surface area contributed by atoms with E-state index in [4.69, 9.17) is 0 Å². The number of H-pyrrole nitrogens is 1. The first-order valence-electron chi connectivity index (χ1n) is 9.94. The van der Waals surface area contributed by atoms with Gasteiger partial charge in [-0.15, -0.1) is 0 Å². The van der Waals surface area contributed by atoms with Crippen LogP contribution in [0.3, 0.4) is 0 Å². The molecule has 7 heteroatoms. The van der Waals surface area contributed by atoms with E-state index in [1.165, 1.54) is 5.56 Å². The van der Waals surface area contributed by atoms with Crippen LogP contribution < -0.4 is 0 Å². The molecule has 1 aliphatic heterocycles. The van der Waals surface area contributed by atoms with E-state index >= 15 is 0 Å². The molecule has 3 rings (SSSR count). The van der Waals surface area contributed by atoms with Crippen molar-refractivity contribution in [2.45, 2.75) is 45.6 Å². The van der Waals surface area contributed by atoms with E-state index in [0.717, 1.165) is 38.2 Å². The maximum Gasteiger partial charge on any atom is 0.274 e. The van der Waals surface area contributed by atoms with Gasteiger partial charge in [-0.1, -0.05) is 20.8 Å². The summed E-state index contributed by atoms with van der Waals surface area (Å²) in [7, 11) is 3.84. The Balaban J connectivity index is 1.75. The molecule has 0 spiro atoms. The van der Waals surface area contributed by atoms with Crippen molar-refractivity contribution in [2.75, 3.05) is 26.7 Å². The average molecular weight is 373 g/mol. The second-order valence-corrected chi connectivity index (χ2v) is 7.97. The number of amides is 1. The Kier molecular flexibility index (Phi) is 5.99. The minimum absolute atomic E-state index is 0.0169. The minimum Gasteiger partial charge on any atom is -0.340 e. The summed E-state index contributed by atoms with van der Waals surface area (Å²) < 4.78 is 1.86. The highest BCUT2D eigenvalue weighted by molar-refractivity contribution is 5.92. The van der Waals surface area contributed by atoms with Crippen LogP contribution in [0.2, 0.25) is 0 Å². The highest BCUT2D eigenvalue weighted by Gasteiger charge is 2.34. The van der Waals surface area contributed by atoms with Crippen molar-refractivity contribution in [3.8, 4) is 0 Å². The topological polar surface area (TPSA) is 70.1 Å². The zero-order valence-electron chi connectivity index (χ0n) is 17.1. The molecule has 0 aromatic carbocycles. The van der Waals surface area contributed by atoms with E-state index < -0.39 is 0 Å². The van der Waals surface area contributed by atoms with Gasteiger partial charge in [0.15, 0.2) is 0 Å². The van der Waals surface area contributed by atoms with Gasteiger partial charge in [0.2, 0.25) is 0 Å². The highest BCUT2D eigenvalue weighted by Crippen LogP contribution is 2.36. The molecule has 27 heavy (non-hydrogen) atoms. The van der Waals surface area contributed by atoms with Crippen molar-refractivity contribution in [1.82, 2.24) is 29.8 Å². The van der Waals surface area contributed by atoms with Crippen LogP contribution in [0, 0.1) is 5.92 Å². The Bertz CT molecular complexity index is 764. The van der Waals surface area contributed by atoms with Gasteiger partial charge in [-0.2, -0.15) is 10.2 Å². The third kappa shape index (κ3) is 4.24. The third-order valence-electron chi connectivity index (χ3n) is 5.63. The number of hydrogen-bond acceptors (Lipinski definition) is 4. The van der Waals surface area contributed by atoms with E-state index in [-0.39, 0.29) is 5.91 Å². The number of nitrogens with zero attached hydrogens (tertiary/aromatic N) is 5. The molecule has 0 radical (unpaired) electrons. The molecule has 0 unspecified atom stereocenters. The molecule has 1 saturated heterocycles. The van der Waals surface area contributed by atoms with Crippen molar-refractivity contribution in [3.63, 3.8) is 0 Å². The van der Waals surface area contributed by atoms with Gasteiger partial charge in [-0.05, 0) is 43.8 Å². The number of rotatable bonds is 6. The maximum absolute atomic E-state index is 12.9. The minimum atomic E-state index is -0.0169. The summed E-state index contributed by atoms with van der Waals surface area (Å²) in [6.07, 6.45) is 6.36. The molecule has 1 aliphatic rings. The summed E-state index contributed by atoms with van der Waals surface area (Å²) in [6.45, 7) is 9.21. The number of nitrogens with one attached hydrogen (secondary N) is 1. The SMILES string of the molecule is CCN1CCC[C@@H](CN(C)C(=O)c2cc(C(C)C)[nH]n2)[C@@H]1c1cnn(C)c1. The molecular weight excluding hydrogens is 340 g/mol. The lowest BCUT2D eigenvalue weighted by atomic mass is 9.85. The molecule has 2 atom stereocenters. The summed E-state index contributed by atoms with van der Waals surface area (Å²) in [4.78, 5) is 17.2. The zero-order chi connectivity index (χ0) is 19.6. The average Bonchev–Trinajstić information content (AvgIpc) is 3.30. The zero-order valence-corrected chi connectivity index (χ0v) is 17.1. The van der Waals surface area contributed by atoms with Crippen molar-refractivity contribution < 1.29 is 4.79 Å². The van der Waals surface area contributed by atoms with Gasteiger partial charge in [0.25, 0.3) is 5.91 Å². The molecule has 2 aromatic rings. The van der Waals surface area contributed by atoms with Gasteiger partial charge < -0.3 is 4.90 Å². The summed E-state index contributed by atoms with van der Waals surface area (Å²) >= 11 is 0. The van der Waals surface area contributed by atoms with E-state index in [0.29, 0.717) is 23.6 Å². The number of carbonyl (C=O) groups excluding carboxylic acids is 1. The van der Waals surface area contributed by atoms with Crippen LogP contribution in [0.25, 0.3) is 0 Å². The normalized spacial score (nSPS) is 21.0. The van der Waals surface area contributed by atoms with Crippen LogP contribution in [-0.2, 0) is 7.05 Å². The van der Waals surface area contributed by atoms with E-state index in [2.05, 4.69) is 47.2 Å². The van der Waals surface area contributed by atoms with Crippen LogP contribution in [0.15, 0.2) is 18.5 Å². The Morgan fingerprint density at radius 2 is 2.22 bits per heavy atom. The van der Waals surface area contributed by atoms with Gasteiger partial charge in [0.05, 0.1) is 6.20 Å². The summed E-state index contributed by atoms with van der Waals surface area (Å²) in [5.41, 5.74) is 2.74. The lowest BCUT2D eigenvalue weighted by Crippen LogP contribution is -2.44. The predicted octanol–water partition coefficient (Wildman–Crippen LogP) is 2.81. The third-order valence-corrected chi connectivity index (χ3v) is 5.63. The van der Waals surface area contributed by atoms with E-state index in [1.54, 1.807) is 0 Å². The largest absolute Gasteiger partial charge is 0.340 e. The molecular formula is C20H32N6O. The lowest BCUT2D eigenvalue weighted by molar-refractivity contribution is 0.0584. The first-order valence-corrected chi connectivity index (χ1v) is 9.94. The first kappa shape index (κ1) is 19.6. The van der Waals surface area contributed by atoms with Crippen LogP contribution in [0.1, 0.15) is 67.3 Å². The fraction of sp³-hybridized carbons (Fsp3) is 0.650. The maximum atomic E-state index is 12.9. The Labute approximate surface area is 161 Å². The molecule has 1 fully saturated rings. The summed E-state index contributed by atoms with van der Waals surface area (Å²) in [6, 6.07) is 2.18. The summed E-state index contributed by atoms with van der Waals surface area (Å²) in [5.74, 6) is 0.702. The summed E-state index contributed by atoms with van der Waals surface area (Å²) in [5, 5.41) is 11.6. The predicted molar refractivity (Wildman–Crippen MR) is 106 cm³/mol. The monoisotopic (exact) mass is 372 g/mol. The molecule has 0 aliphatic carbocycles. The second kappa shape index (κ2) is 8.25. The second-order valence-electron chi connectivity index (χ2n) is 7.97. The van der Waals surface area contributed by atoms with Crippen LogP contribution in [0.4, 0.5) is 0 Å². The fourth-order valence-corrected chi connectivity index (χ4v) is 4.15.